The molecule has 0 N–H and O–H groups in total. The van der Waals surface area contributed by atoms with Crippen LogP contribution in [0.2, 0.25) is 0 Å². The number of pyridine rings is 1. The van der Waals surface area contributed by atoms with Gasteiger partial charge in [-0.05, 0) is 54.4 Å². The fourth-order valence-electron chi connectivity index (χ4n) is 3.80. The number of rotatable bonds is 2. The minimum Gasteiger partial charge on any atom is -0.450 e. The summed E-state index contributed by atoms with van der Waals surface area (Å²) in [6.45, 7) is 1.94. The number of para-hydroxylation sites is 1. The van der Waals surface area contributed by atoms with Gasteiger partial charge in [-0.15, -0.1) is 0 Å². The number of carbonyl (C=O) groups is 1. The predicted octanol–water partition coefficient (Wildman–Crippen LogP) is 5.01. The first-order valence-electron chi connectivity index (χ1n) is 9.12. The Bertz CT molecular complexity index is 1350. The second kappa shape index (κ2) is 6.67. The van der Waals surface area contributed by atoms with Gasteiger partial charge in [0.15, 0.2) is 5.43 Å². The average Bonchev–Trinajstić information content (AvgIpc) is 3.01. The molecule has 3 heterocycles. The molecule has 0 radical (unpaired) electrons. The standard InChI is InChI=1S/C23H15BrN2O3/c1-13-9-10-25-18(11-13)26-20(14-5-4-6-15(24)12-14)19-21(27)16-7-2-3-8-17(16)29-22(19)23(26)28/h2-12,20H,1H3. The van der Waals surface area contributed by atoms with E-state index in [0.29, 0.717) is 22.4 Å². The van der Waals surface area contributed by atoms with Gasteiger partial charge >= 0.3 is 0 Å². The molecule has 0 bridgehead atoms. The van der Waals surface area contributed by atoms with E-state index in [2.05, 4.69) is 20.9 Å². The molecule has 2 aromatic carbocycles. The molecular weight excluding hydrogens is 432 g/mol. The number of amides is 1. The summed E-state index contributed by atoms with van der Waals surface area (Å²) in [6.07, 6.45) is 1.66. The molecule has 4 aromatic rings. The van der Waals surface area contributed by atoms with Crippen molar-refractivity contribution in [3.63, 3.8) is 0 Å². The SMILES string of the molecule is Cc1ccnc(N2C(=O)c3oc4ccccc4c(=O)c3C2c2cccc(Br)c2)c1. The molecule has 29 heavy (non-hydrogen) atoms. The predicted molar refractivity (Wildman–Crippen MR) is 114 cm³/mol. The van der Waals surface area contributed by atoms with Gasteiger partial charge in [0.1, 0.15) is 11.4 Å². The summed E-state index contributed by atoms with van der Waals surface area (Å²) in [4.78, 5) is 32.8. The van der Waals surface area contributed by atoms with Gasteiger partial charge in [0.25, 0.3) is 5.91 Å². The van der Waals surface area contributed by atoms with Crippen molar-refractivity contribution in [2.24, 2.45) is 0 Å². The molecule has 5 rings (SSSR count). The summed E-state index contributed by atoms with van der Waals surface area (Å²) in [7, 11) is 0. The highest BCUT2D eigenvalue weighted by Crippen LogP contribution is 2.41. The minimum absolute atomic E-state index is 0.0713. The third-order valence-corrected chi connectivity index (χ3v) is 5.58. The largest absolute Gasteiger partial charge is 0.450 e. The quantitative estimate of drug-likeness (QED) is 0.434. The number of nitrogens with zero attached hydrogens (tertiary/aromatic N) is 2. The third kappa shape index (κ3) is 2.79. The molecule has 0 saturated carbocycles. The molecule has 142 valence electrons. The lowest BCUT2D eigenvalue weighted by molar-refractivity contribution is 0.0970. The zero-order valence-electron chi connectivity index (χ0n) is 15.4. The van der Waals surface area contributed by atoms with Crippen LogP contribution in [-0.4, -0.2) is 10.9 Å². The molecular formula is C23H15BrN2O3. The first kappa shape index (κ1) is 17.8. The van der Waals surface area contributed by atoms with Crippen LogP contribution in [0.4, 0.5) is 5.82 Å². The van der Waals surface area contributed by atoms with Gasteiger partial charge in [-0.3, -0.25) is 14.5 Å². The number of halogens is 1. The second-order valence-electron chi connectivity index (χ2n) is 6.99. The zero-order valence-corrected chi connectivity index (χ0v) is 17.0. The van der Waals surface area contributed by atoms with Crippen LogP contribution in [0, 0.1) is 6.92 Å². The molecule has 1 aliphatic rings. The van der Waals surface area contributed by atoms with E-state index in [-0.39, 0.29) is 17.1 Å². The maximum absolute atomic E-state index is 13.4. The number of aryl methyl sites for hydroxylation is 1. The van der Waals surface area contributed by atoms with Gasteiger partial charge in [0.2, 0.25) is 5.76 Å². The number of hydrogen-bond acceptors (Lipinski definition) is 4. The van der Waals surface area contributed by atoms with Crippen molar-refractivity contribution in [2.45, 2.75) is 13.0 Å². The lowest BCUT2D eigenvalue weighted by Gasteiger charge is -2.24. The number of benzene rings is 2. The highest BCUT2D eigenvalue weighted by atomic mass is 79.9. The number of carbonyl (C=O) groups excluding carboxylic acids is 1. The Kier molecular flexibility index (Phi) is 4.10. The molecule has 6 heteroatoms. The fourth-order valence-corrected chi connectivity index (χ4v) is 4.22. The molecule has 0 saturated heterocycles. The van der Waals surface area contributed by atoms with Gasteiger partial charge in [-0.25, -0.2) is 4.98 Å². The van der Waals surface area contributed by atoms with E-state index in [4.69, 9.17) is 4.42 Å². The van der Waals surface area contributed by atoms with Gasteiger partial charge in [0.05, 0.1) is 17.0 Å². The molecule has 2 aromatic heterocycles. The topological polar surface area (TPSA) is 63.4 Å². The summed E-state index contributed by atoms with van der Waals surface area (Å²) in [6, 6.07) is 17.7. The van der Waals surface area contributed by atoms with Crippen LogP contribution in [-0.2, 0) is 0 Å². The lowest BCUT2D eigenvalue weighted by Crippen LogP contribution is -2.30. The molecule has 1 amide bonds. The second-order valence-corrected chi connectivity index (χ2v) is 7.91. The first-order chi connectivity index (χ1) is 14.0. The van der Waals surface area contributed by atoms with Crippen molar-refractivity contribution in [3.05, 3.63) is 104 Å². The van der Waals surface area contributed by atoms with E-state index in [9.17, 15) is 9.59 Å². The molecule has 1 unspecified atom stereocenters. The maximum Gasteiger partial charge on any atom is 0.296 e. The number of fused-ring (bicyclic) bond motifs is 2. The van der Waals surface area contributed by atoms with Gasteiger partial charge in [-0.2, -0.15) is 0 Å². The molecule has 0 aliphatic carbocycles. The normalized spacial score (nSPS) is 15.7. The minimum atomic E-state index is -0.620. The first-order valence-corrected chi connectivity index (χ1v) is 9.91. The summed E-state index contributed by atoms with van der Waals surface area (Å²) in [5.74, 6) is 0.183. The molecule has 0 spiro atoms. The Morgan fingerprint density at radius 2 is 1.86 bits per heavy atom. The van der Waals surface area contributed by atoms with Gasteiger partial charge in [0, 0.05) is 10.7 Å². The van der Waals surface area contributed by atoms with Crippen LogP contribution in [0.3, 0.4) is 0 Å². The van der Waals surface area contributed by atoms with Crippen molar-refractivity contribution in [2.75, 3.05) is 4.90 Å². The Hall–Kier alpha value is -3.25. The summed E-state index contributed by atoms with van der Waals surface area (Å²) in [5.41, 5.74) is 2.32. The van der Waals surface area contributed by atoms with Crippen LogP contribution < -0.4 is 10.3 Å². The summed E-state index contributed by atoms with van der Waals surface area (Å²) < 4.78 is 6.79. The number of anilines is 1. The van der Waals surface area contributed by atoms with E-state index in [1.165, 1.54) is 0 Å². The van der Waals surface area contributed by atoms with Gasteiger partial charge < -0.3 is 4.42 Å². The number of aromatic nitrogens is 1. The maximum atomic E-state index is 13.4. The summed E-state index contributed by atoms with van der Waals surface area (Å²) in [5, 5.41) is 0.457. The van der Waals surface area contributed by atoms with Gasteiger partial charge in [-0.1, -0.05) is 40.2 Å². The lowest BCUT2D eigenvalue weighted by atomic mass is 9.98. The van der Waals surface area contributed by atoms with Crippen molar-refractivity contribution in [1.29, 1.82) is 0 Å². The van der Waals surface area contributed by atoms with E-state index in [1.807, 2.05) is 43.3 Å². The molecule has 0 fully saturated rings. The highest BCUT2D eigenvalue weighted by Gasteiger charge is 2.44. The molecule has 5 nitrogen and oxygen atoms in total. The third-order valence-electron chi connectivity index (χ3n) is 5.09. The summed E-state index contributed by atoms with van der Waals surface area (Å²) >= 11 is 3.49. The van der Waals surface area contributed by atoms with Crippen molar-refractivity contribution in [3.8, 4) is 0 Å². The fraction of sp³-hybridized carbons (Fsp3) is 0.0870. The molecule has 1 aliphatic heterocycles. The van der Waals surface area contributed by atoms with Crippen LogP contribution in [0.1, 0.15) is 33.3 Å². The van der Waals surface area contributed by atoms with E-state index < -0.39 is 6.04 Å². The van der Waals surface area contributed by atoms with E-state index in [0.717, 1.165) is 15.6 Å². The smallest absolute Gasteiger partial charge is 0.296 e. The van der Waals surface area contributed by atoms with Crippen LogP contribution >= 0.6 is 15.9 Å². The highest BCUT2D eigenvalue weighted by molar-refractivity contribution is 9.10. The van der Waals surface area contributed by atoms with Crippen LogP contribution in [0.15, 0.2) is 80.5 Å². The van der Waals surface area contributed by atoms with Crippen molar-refractivity contribution in [1.82, 2.24) is 4.98 Å². The Morgan fingerprint density at radius 3 is 2.66 bits per heavy atom. The monoisotopic (exact) mass is 446 g/mol. The number of hydrogen-bond donors (Lipinski definition) is 0. The Labute approximate surface area is 174 Å². The van der Waals surface area contributed by atoms with E-state index >= 15 is 0 Å². The zero-order chi connectivity index (χ0) is 20.1. The van der Waals surface area contributed by atoms with Crippen LogP contribution in [0.5, 0.6) is 0 Å². The van der Waals surface area contributed by atoms with E-state index in [1.54, 1.807) is 35.4 Å². The molecule has 1 atom stereocenters. The Balaban J connectivity index is 1.84. The van der Waals surface area contributed by atoms with Crippen LogP contribution in [0.25, 0.3) is 11.0 Å². The van der Waals surface area contributed by atoms with Crippen molar-refractivity contribution < 1.29 is 9.21 Å². The Morgan fingerprint density at radius 1 is 1.03 bits per heavy atom. The average molecular weight is 447 g/mol. The van der Waals surface area contributed by atoms with Crippen molar-refractivity contribution >= 4 is 38.6 Å².